The molecule has 5 nitrogen and oxygen atoms in total. The van der Waals surface area contributed by atoms with Crippen LogP contribution in [0.4, 0.5) is 0 Å². The van der Waals surface area contributed by atoms with Gasteiger partial charge in [0.2, 0.25) is 0 Å². The van der Waals surface area contributed by atoms with Gasteiger partial charge in [-0.15, -0.1) is 0 Å². The lowest BCUT2D eigenvalue weighted by atomic mass is 10.0. The van der Waals surface area contributed by atoms with Gasteiger partial charge in [-0.25, -0.2) is 0 Å². The molecule has 0 bridgehead atoms. The first kappa shape index (κ1) is 15.1. The minimum atomic E-state index is 0.0114. The molecule has 1 aromatic carbocycles. The lowest BCUT2D eigenvalue weighted by molar-refractivity contribution is 0.238. The van der Waals surface area contributed by atoms with E-state index < -0.39 is 0 Å². The number of benzene rings is 1. The summed E-state index contributed by atoms with van der Waals surface area (Å²) in [5.74, 6) is 0. The molecule has 0 radical (unpaired) electrons. The van der Waals surface area contributed by atoms with Crippen molar-refractivity contribution in [2.24, 2.45) is 5.18 Å². The van der Waals surface area contributed by atoms with E-state index in [1.807, 2.05) is 18.2 Å². The van der Waals surface area contributed by atoms with Crippen LogP contribution in [0.5, 0.6) is 0 Å². The van der Waals surface area contributed by atoms with Gasteiger partial charge >= 0.3 is 0 Å². The number of nitrogens with zero attached hydrogens (tertiary/aromatic N) is 2. The van der Waals surface area contributed by atoms with Gasteiger partial charge in [-0.3, -0.25) is 0 Å². The van der Waals surface area contributed by atoms with E-state index in [4.69, 9.17) is 0 Å². The van der Waals surface area contributed by atoms with Crippen LogP contribution in [-0.2, 0) is 19.6 Å². The summed E-state index contributed by atoms with van der Waals surface area (Å²) in [6, 6.07) is 5.89. The van der Waals surface area contributed by atoms with E-state index in [9.17, 15) is 10.0 Å². The summed E-state index contributed by atoms with van der Waals surface area (Å²) in [4.78, 5) is 12.9. The standard InChI is InChI=1S/C15H23N3O2/c19-12-15-9-13(8-14(10-15)11-17-20)2-1-5-18-6-3-16-4-7-18/h8-10,16,19H,1-7,11-12H2. The average Bonchev–Trinajstić information content (AvgIpc) is 2.48. The van der Waals surface area contributed by atoms with Crippen LogP contribution in [0.25, 0.3) is 0 Å². The molecule has 110 valence electrons. The quantitative estimate of drug-likeness (QED) is 0.737. The molecule has 20 heavy (non-hydrogen) atoms. The van der Waals surface area contributed by atoms with Crippen molar-refractivity contribution in [2.75, 3.05) is 32.7 Å². The Morgan fingerprint density at radius 3 is 2.55 bits per heavy atom. The molecule has 5 heteroatoms. The number of aryl methyl sites for hydroxylation is 1. The van der Waals surface area contributed by atoms with Crippen molar-refractivity contribution in [3.05, 3.63) is 39.8 Å². The van der Waals surface area contributed by atoms with Gasteiger partial charge in [-0.2, -0.15) is 4.91 Å². The zero-order chi connectivity index (χ0) is 14.2. The number of piperazine rings is 1. The summed E-state index contributed by atoms with van der Waals surface area (Å²) in [6.07, 6.45) is 2.08. The Bertz CT molecular complexity index is 431. The zero-order valence-electron chi connectivity index (χ0n) is 11.8. The molecule has 0 saturated carbocycles. The first-order valence-electron chi connectivity index (χ1n) is 7.26. The van der Waals surface area contributed by atoms with E-state index >= 15 is 0 Å². The van der Waals surface area contributed by atoms with Crippen molar-refractivity contribution < 1.29 is 5.11 Å². The number of rotatable bonds is 7. The Labute approximate surface area is 120 Å². The van der Waals surface area contributed by atoms with Gasteiger partial charge in [-0.05, 0) is 36.1 Å². The van der Waals surface area contributed by atoms with Gasteiger partial charge in [0, 0.05) is 26.2 Å². The van der Waals surface area contributed by atoms with Crippen LogP contribution in [0.15, 0.2) is 23.4 Å². The summed E-state index contributed by atoms with van der Waals surface area (Å²) in [5.41, 5.74) is 2.94. The fourth-order valence-electron chi connectivity index (χ4n) is 2.68. The SMILES string of the molecule is O=NCc1cc(CO)cc(CCCN2CCNCC2)c1. The van der Waals surface area contributed by atoms with Gasteiger partial charge in [0.15, 0.2) is 0 Å². The third-order valence-corrected chi connectivity index (χ3v) is 3.69. The van der Waals surface area contributed by atoms with E-state index in [1.54, 1.807) is 0 Å². The topological polar surface area (TPSA) is 64.9 Å². The molecule has 0 unspecified atom stereocenters. The van der Waals surface area contributed by atoms with Gasteiger partial charge < -0.3 is 15.3 Å². The minimum absolute atomic E-state index is 0.0114. The molecule has 0 atom stereocenters. The highest BCUT2D eigenvalue weighted by Crippen LogP contribution is 2.14. The molecule has 0 aliphatic carbocycles. The normalized spacial score (nSPS) is 16.2. The Morgan fingerprint density at radius 2 is 1.85 bits per heavy atom. The smallest absolute Gasteiger partial charge is 0.106 e. The lowest BCUT2D eigenvalue weighted by Gasteiger charge is -2.27. The average molecular weight is 277 g/mol. The van der Waals surface area contributed by atoms with Gasteiger partial charge in [0.05, 0.1) is 6.61 Å². The Balaban J connectivity index is 1.87. The molecule has 1 saturated heterocycles. The second-order valence-corrected chi connectivity index (χ2v) is 5.30. The largest absolute Gasteiger partial charge is 0.392 e. The van der Waals surface area contributed by atoms with Crippen LogP contribution < -0.4 is 5.32 Å². The minimum Gasteiger partial charge on any atom is -0.392 e. The van der Waals surface area contributed by atoms with Gasteiger partial charge in [0.25, 0.3) is 0 Å². The molecule has 1 aliphatic rings. The summed E-state index contributed by atoms with van der Waals surface area (Å²) in [6.45, 7) is 5.70. The van der Waals surface area contributed by atoms with Crippen molar-refractivity contribution >= 4 is 0 Å². The first-order chi connectivity index (χ1) is 9.81. The Hall–Kier alpha value is -1.30. The fraction of sp³-hybridized carbons (Fsp3) is 0.600. The van der Waals surface area contributed by atoms with Crippen molar-refractivity contribution in [1.82, 2.24) is 10.2 Å². The predicted molar refractivity (Wildman–Crippen MR) is 79.5 cm³/mol. The number of aliphatic hydroxyl groups is 1. The van der Waals surface area contributed by atoms with Gasteiger partial charge in [0.1, 0.15) is 6.54 Å². The van der Waals surface area contributed by atoms with E-state index in [-0.39, 0.29) is 13.2 Å². The Kier molecular flexibility index (Phi) is 6.11. The number of nitroso groups, excluding NO2 is 1. The van der Waals surface area contributed by atoms with Crippen LogP contribution in [0, 0.1) is 4.91 Å². The van der Waals surface area contributed by atoms with Crippen LogP contribution >= 0.6 is 0 Å². The first-order valence-corrected chi connectivity index (χ1v) is 7.26. The monoisotopic (exact) mass is 277 g/mol. The third kappa shape index (κ3) is 4.67. The van der Waals surface area contributed by atoms with Crippen molar-refractivity contribution in [1.29, 1.82) is 0 Å². The molecule has 1 aliphatic heterocycles. The van der Waals surface area contributed by atoms with Crippen molar-refractivity contribution in [2.45, 2.75) is 26.0 Å². The van der Waals surface area contributed by atoms with Crippen LogP contribution in [0.2, 0.25) is 0 Å². The van der Waals surface area contributed by atoms with E-state index in [2.05, 4.69) is 15.4 Å². The van der Waals surface area contributed by atoms with E-state index in [1.165, 1.54) is 5.56 Å². The molecule has 2 N–H and O–H groups in total. The molecule has 1 heterocycles. The molecular formula is C15H23N3O2. The zero-order valence-corrected chi connectivity index (χ0v) is 11.8. The summed E-state index contributed by atoms with van der Waals surface area (Å²) >= 11 is 0. The fourth-order valence-corrected chi connectivity index (χ4v) is 2.68. The highest BCUT2D eigenvalue weighted by atomic mass is 16.3. The van der Waals surface area contributed by atoms with Crippen LogP contribution in [0.1, 0.15) is 23.1 Å². The summed E-state index contributed by atoms with van der Waals surface area (Å²) in [7, 11) is 0. The number of hydrogen-bond acceptors (Lipinski definition) is 5. The maximum absolute atomic E-state index is 10.4. The maximum Gasteiger partial charge on any atom is 0.106 e. The second-order valence-electron chi connectivity index (χ2n) is 5.30. The highest BCUT2D eigenvalue weighted by molar-refractivity contribution is 5.30. The molecule has 2 rings (SSSR count). The predicted octanol–water partition coefficient (Wildman–Crippen LogP) is 1.28. The molecular weight excluding hydrogens is 254 g/mol. The number of hydrogen-bond donors (Lipinski definition) is 2. The van der Waals surface area contributed by atoms with Crippen molar-refractivity contribution in [3.8, 4) is 0 Å². The van der Waals surface area contributed by atoms with E-state index in [0.29, 0.717) is 0 Å². The summed E-state index contributed by atoms with van der Waals surface area (Å²) in [5, 5.41) is 15.5. The highest BCUT2D eigenvalue weighted by Gasteiger charge is 2.09. The van der Waals surface area contributed by atoms with Crippen LogP contribution in [-0.4, -0.2) is 42.7 Å². The maximum atomic E-state index is 10.4. The number of nitrogens with one attached hydrogen (secondary N) is 1. The van der Waals surface area contributed by atoms with Crippen molar-refractivity contribution in [3.63, 3.8) is 0 Å². The van der Waals surface area contributed by atoms with Crippen LogP contribution in [0.3, 0.4) is 0 Å². The molecule has 0 spiro atoms. The van der Waals surface area contributed by atoms with Gasteiger partial charge in [-0.1, -0.05) is 23.4 Å². The van der Waals surface area contributed by atoms with E-state index in [0.717, 1.165) is 56.7 Å². The second kappa shape index (κ2) is 8.09. The number of aliphatic hydroxyl groups excluding tert-OH is 1. The lowest BCUT2D eigenvalue weighted by Crippen LogP contribution is -2.43. The Morgan fingerprint density at radius 1 is 1.15 bits per heavy atom. The summed E-state index contributed by atoms with van der Waals surface area (Å²) < 4.78 is 0. The molecule has 1 aromatic rings. The molecule has 1 fully saturated rings. The molecule has 0 amide bonds. The third-order valence-electron chi connectivity index (χ3n) is 3.69. The molecule has 0 aromatic heterocycles.